The van der Waals surface area contributed by atoms with Crippen LogP contribution in [0.25, 0.3) is 0 Å². The molecule has 2 radical (unpaired) electrons. The minimum atomic E-state index is -0.491. The second-order valence-corrected chi connectivity index (χ2v) is 2.68. The van der Waals surface area contributed by atoms with Crippen molar-refractivity contribution in [3.8, 4) is 5.75 Å². The van der Waals surface area contributed by atoms with E-state index < -0.39 is 6.35 Å². The minimum absolute atomic E-state index is 0.491. The average Bonchev–Trinajstić information content (AvgIpc) is 2.46. The predicted molar refractivity (Wildman–Crippen MR) is 49.1 cm³/mol. The van der Waals surface area contributed by atoms with Crippen LogP contribution in [-0.4, -0.2) is 20.6 Å². The van der Waals surface area contributed by atoms with Gasteiger partial charge >= 0.3 is 0 Å². The predicted octanol–water partition coefficient (Wildman–Crippen LogP) is -0.686. The molecule has 1 heterocycles. The van der Waals surface area contributed by atoms with Crippen molar-refractivity contribution in [3.05, 3.63) is 18.2 Å². The molecule has 0 aromatic heterocycles. The van der Waals surface area contributed by atoms with E-state index in [1.54, 1.807) is 18.2 Å². The van der Waals surface area contributed by atoms with Gasteiger partial charge in [-0.3, -0.25) is 4.79 Å². The molecule has 13 heavy (non-hydrogen) atoms. The highest BCUT2D eigenvalue weighted by molar-refractivity contribution is 6.32. The molecule has 0 aliphatic carbocycles. The lowest BCUT2D eigenvalue weighted by Gasteiger charge is -2.07. The molecule has 4 nitrogen and oxygen atoms in total. The van der Waals surface area contributed by atoms with Crippen molar-refractivity contribution in [2.75, 3.05) is 5.32 Å². The van der Waals surface area contributed by atoms with Gasteiger partial charge < -0.3 is 15.4 Å². The van der Waals surface area contributed by atoms with E-state index in [-0.39, 0.29) is 0 Å². The molecule has 1 atom stereocenters. The third-order valence-corrected chi connectivity index (χ3v) is 1.75. The molecule has 1 unspecified atom stereocenters. The summed E-state index contributed by atoms with van der Waals surface area (Å²) in [5.41, 5.74) is 1.45. The first kappa shape index (κ1) is 7.98. The number of fused-ring (bicyclic) bond motifs is 1. The Hall–Kier alpha value is -1.65. The third kappa shape index (κ3) is 1.45. The molecular formula is C8H7BN2O2. The summed E-state index contributed by atoms with van der Waals surface area (Å²) >= 11 is 0. The Bertz CT molecular complexity index is 343. The summed E-state index contributed by atoms with van der Waals surface area (Å²) in [4.78, 5) is 10.1. The van der Waals surface area contributed by atoms with Crippen molar-refractivity contribution in [2.24, 2.45) is 0 Å². The van der Waals surface area contributed by atoms with Crippen molar-refractivity contribution in [2.45, 2.75) is 6.35 Å². The zero-order valence-electron chi connectivity index (χ0n) is 6.78. The van der Waals surface area contributed by atoms with E-state index in [9.17, 15) is 4.79 Å². The maximum absolute atomic E-state index is 10.1. The van der Waals surface area contributed by atoms with Crippen molar-refractivity contribution < 1.29 is 9.53 Å². The van der Waals surface area contributed by atoms with E-state index in [1.165, 1.54) is 0 Å². The Morgan fingerprint density at radius 3 is 3.23 bits per heavy atom. The maximum Gasteiger partial charge on any atom is 0.250 e. The zero-order chi connectivity index (χ0) is 9.26. The van der Waals surface area contributed by atoms with E-state index in [4.69, 9.17) is 12.6 Å². The smallest absolute Gasteiger partial charge is 0.250 e. The summed E-state index contributed by atoms with van der Waals surface area (Å²) in [5, 5.41) is 5.39. The molecule has 0 bridgehead atoms. The second-order valence-electron chi connectivity index (χ2n) is 2.68. The number of amides is 1. The number of carbonyl (C=O) groups is 1. The van der Waals surface area contributed by atoms with Gasteiger partial charge in [0.25, 0.3) is 6.35 Å². The highest BCUT2D eigenvalue weighted by atomic mass is 16.5. The molecule has 1 aromatic carbocycles. The average molecular weight is 174 g/mol. The summed E-state index contributed by atoms with van der Waals surface area (Å²) in [6.07, 6.45) is 0.0849. The van der Waals surface area contributed by atoms with Crippen molar-refractivity contribution in [1.29, 1.82) is 0 Å². The number of hydrogen-bond donors (Lipinski definition) is 2. The van der Waals surface area contributed by atoms with Crippen molar-refractivity contribution in [3.63, 3.8) is 0 Å². The standard InChI is InChI=1S/C8H7BN2O2/c9-5-1-2-7-6(3-5)11-8(13-7)10-4-12/h1-4,8,11H,(H,10,12). The third-order valence-electron chi connectivity index (χ3n) is 1.75. The topological polar surface area (TPSA) is 50.4 Å². The summed E-state index contributed by atoms with van der Waals surface area (Å²) in [7, 11) is 5.56. The second kappa shape index (κ2) is 3.01. The molecule has 64 valence electrons. The number of hydrogen-bond acceptors (Lipinski definition) is 3. The Balaban J connectivity index is 2.20. The lowest BCUT2D eigenvalue weighted by molar-refractivity contribution is -0.111. The lowest BCUT2D eigenvalue weighted by atomic mass is 9.96. The lowest BCUT2D eigenvalue weighted by Crippen LogP contribution is -2.36. The first-order valence-corrected chi connectivity index (χ1v) is 3.82. The van der Waals surface area contributed by atoms with E-state index in [0.717, 1.165) is 5.69 Å². The van der Waals surface area contributed by atoms with Crippen molar-refractivity contribution in [1.82, 2.24) is 5.32 Å². The van der Waals surface area contributed by atoms with Crippen molar-refractivity contribution >= 4 is 25.4 Å². The number of rotatable bonds is 2. The van der Waals surface area contributed by atoms with Gasteiger partial charge in [0.05, 0.1) is 5.69 Å². The Morgan fingerprint density at radius 2 is 2.46 bits per heavy atom. The maximum atomic E-state index is 10.1. The fourth-order valence-corrected chi connectivity index (χ4v) is 1.20. The Kier molecular flexibility index (Phi) is 1.85. The van der Waals surface area contributed by atoms with Gasteiger partial charge in [0.2, 0.25) is 6.41 Å². The van der Waals surface area contributed by atoms with E-state index in [2.05, 4.69) is 10.6 Å². The van der Waals surface area contributed by atoms with Crippen LogP contribution in [0, 0.1) is 0 Å². The molecule has 5 heteroatoms. The number of benzene rings is 1. The van der Waals surface area contributed by atoms with Crippen LogP contribution in [-0.2, 0) is 4.79 Å². The Labute approximate surface area is 76.7 Å². The highest BCUT2D eigenvalue weighted by Gasteiger charge is 2.19. The van der Waals surface area contributed by atoms with Gasteiger partial charge in [0.1, 0.15) is 13.6 Å². The first-order chi connectivity index (χ1) is 6.29. The van der Waals surface area contributed by atoms with Crippen LogP contribution < -0.4 is 20.8 Å². The molecule has 0 saturated carbocycles. The van der Waals surface area contributed by atoms with Crippen LogP contribution in [0.2, 0.25) is 0 Å². The summed E-state index contributed by atoms with van der Waals surface area (Å²) in [5.74, 6) is 0.688. The fraction of sp³-hybridized carbons (Fsp3) is 0.125. The van der Waals surface area contributed by atoms with Crippen LogP contribution in [0.1, 0.15) is 0 Å². The zero-order valence-corrected chi connectivity index (χ0v) is 6.78. The molecule has 2 N–H and O–H groups in total. The van der Waals surface area contributed by atoms with Gasteiger partial charge in [-0.25, -0.2) is 0 Å². The molecule has 1 amide bonds. The molecule has 1 aromatic rings. The quantitative estimate of drug-likeness (QED) is 0.461. The monoisotopic (exact) mass is 174 g/mol. The SMILES string of the molecule is [B]c1ccc2c(c1)NC(NC=O)O2. The van der Waals surface area contributed by atoms with E-state index in [1.807, 2.05) is 0 Å². The molecule has 0 saturated heterocycles. The van der Waals surface area contributed by atoms with Gasteiger partial charge in [0.15, 0.2) is 0 Å². The normalized spacial score (nSPS) is 18.3. The largest absolute Gasteiger partial charge is 0.450 e. The van der Waals surface area contributed by atoms with Gasteiger partial charge in [-0.1, -0.05) is 11.5 Å². The molecule has 0 spiro atoms. The summed E-state index contributed by atoms with van der Waals surface area (Å²) < 4.78 is 5.29. The van der Waals surface area contributed by atoms with Crippen LogP contribution in [0.4, 0.5) is 5.69 Å². The van der Waals surface area contributed by atoms with Gasteiger partial charge in [-0.2, -0.15) is 0 Å². The van der Waals surface area contributed by atoms with Crippen LogP contribution in [0.15, 0.2) is 18.2 Å². The fourth-order valence-electron chi connectivity index (χ4n) is 1.20. The van der Waals surface area contributed by atoms with Crippen LogP contribution >= 0.6 is 0 Å². The summed E-state index contributed by atoms with van der Waals surface area (Å²) in [6.45, 7) is 0. The minimum Gasteiger partial charge on any atom is -0.450 e. The number of anilines is 1. The number of ether oxygens (including phenoxy) is 1. The van der Waals surface area contributed by atoms with Gasteiger partial charge in [-0.05, 0) is 12.1 Å². The molecule has 2 rings (SSSR count). The Morgan fingerprint density at radius 1 is 1.62 bits per heavy atom. The summed E-state index contributed by atoms with van der Waals surface area (Å²) in [6, 6.07) is 5.25. The van der Waals surface area contributed by atoms with E-state index in [0.29, 0.717) is 17.6 Å². The number of nitrogens with one attached hydrogen (secondary N) is 2. The number of carbonyl (C=O) groups excluding carboxylic acids is 1. The molecular weight excluding hydrogens is 167 g/mol. The highest BCUT2D eigenvalue weighted by Crippen LogP contribution is 2.28. The first-order valence-electron chi connectivity index (χ1n) is 3.82. The van der Waals surface area contributed by atoms with E-state index >= 15 is 0 Å². The van der Waals surface area contributed by atoms with Crippen LogP contribution in [0.3, 0.4) is 0 Å². The molecule has 1 aliphatic rings. The van der Waals surface area contributed by atoms with Gasteiger partial charge in [-0.15, -0.1) is 0 Å². The van der Waals surface area contributed by atoms with Gasteiger partial charge in [0, 0.05) is 0 Å². The molecule has 1 aliphatic heterocycles. The van der Waals surface area contributed by atoms with Crippen LogP contribution in [0.5, 0.6) is 5.75 Å². The molecule has 0 fully saturated rings.